The van der Waals surface area contributed by atoms with E-state index in [4.69, 9.17) is 15.2 Å². The van der Waals surface area contributed by atoms with Gasteiger partial charge in [0.1, 0.15) is 0 Å². The van der Waals surface area contributed by atoms with Crippen molar-refractivity contribution in [2.75, 3.05) is 19.8 Å². The van der Waals surface area contributed by atoms with E-state index in [-0.39, 0.29) is 0 Å². The minimum atomic E-state index is 0.364. The lowest BCUT2D eigenvalue weighted by atomic mass is 9.91. The quantitative estimate of drug-likeness (QED) is 0.773. The SMILES string of the molecule is NC1CCOCC1CCCC1CCCO1. The van der Waals surface area contributed by atoms with Gasteiger partial charge < -0.3 is 15.2 Å². The van der Waals surface area contributed by atoms with Crippen LogP contribution in [0.1, 0.15) is 38.5 Å². The molecule has 3 nitrogen and oxygen atoms in total. The Kier molecular flexibility index (Phi) is 4.42. The molecule has 0 spiro atoms. The molecule has 15 heavy (non-hydrogen) atoms. The highest BCUT2D eigenvalue weighted by Gasteiger charge is 2.23. The summed E-state index contributed by atoms with van der Waals surface area (Å²) >= 11 is 0. The first-order chi connectivity index (χ1) is 7.36. The Morgan fingerprint density at radius 3 is 2.80 bits per heavy atom. The third-order valence-corrected chi connectivity index (χ3v) is 3.66. The highest BCUT2D eigenvalue weighted by Crippen LogP contribution is 2.22. The fraction of sp³-hybridized carbons (Fsp3) is 1.00. The fourth-order valence-electron chi connectivity index (χ4n) is 2.59. The number of hydrogen-bond acceptors (Lipinski definition) is 3. The largest absolute Gasteiger partial charge is 0.381 e. The van der Waals surface area contributed by atoms with Crippen LogP contribution < -0.4 is 5.73 Å². The van der Waals surface area contributed by atoms with Crippen LogP contribution in [0.4, 0.5) is 0 Å². The van der Waals surface area contributed by atoms with Gasteiger partial charge in [-0.15, -0.1) is 0 Å². The molecule has 0 aromatic heterocycles. The number of nitrogens with two attached hydrogens (primary N) is 1. The number of hydrogen-bond donors (Lipinski definition) is 1. The Hall–Kier alpha value is -0.120. The molecule has 2 aliphatic rings. The lowest BCUT2D eigenvalue weighted by Gasteiger charge is -2.28. The normalized spacial score (nSPS) is 37.0. The predicted octanol–water partition coefficient (Wildman–Crippen LogP) is 1.70. The molecule has 3 unspecified atom stereocenters. The zero-order chi connectivity index (χ0) is 10.5. The second kappa shape index (κ2) is 5.83. The highest BCUT2D eigenvalue weighted by molar-refractivity contribution is 4.77. The maximum atomic E-state index is 6.06. The Balaban J connectivity index is 1.59. The van der Waals surface area contributed by atoms with Gasteiger partial charge in [-0.3, -0.25) is 0 Å². The molecule has 0 amide bonds. The van der Waals surface area contributed by atoms with Crippen LogP contribution in [0.25, 0.3) is 0 Å². The van der Waals surface area contributed by atoms with Crippen molar-refractivity contribution in [3.63, 3.8) is 0 Å². The van der Waals surface area contributed by atoms with Gasteiger partial charge in [0, 0.05) is 19.3 Å². The van der Waals surface area contributed by atoms with E-state index in [9.17, 15) is 0 Å². The van der Waals surface area contributed by atoms with E-state index >= 15 is 0 Å². The molecular formula is C12H23NO2. The standard InChI is InChI=1S/C12H23NO2/c13-12-6-8-14-9-10(12)3-1-4-11-5-2-7-15-11/h10-12H,1-9,13H2. The molecule has 0 aromatic rings. The summed E-state index contributed by atoms with van der Waals surface area (Å²) in [4.78, 5) is 0. The summed E-state index contributed by atoms with van der Waals surface area (Å²) in [6, 6.07) is 0.364. The summed E-state index contributed by atoms with van der Waals surface area (Å²) < 4.78 is 11.1. The van der Waals surface area contributed by atoms with Crippen molar-refractivity contribution in [1.29, 1.82) is 0 Å². The first-order valence-electron chi connectivity index (χ1n) is 6.31. The molecular weight excluding hydrogens is 190 g/mol. The molecule has 3 atom stereocenters. The van der Waals surface area contributed by atoms with Gasteiger partial charge >= 0.3 is 0 Å². The summed E-state index contributed by atoms with van der Waals surface area (Å²) in [5, 5.41) is 0. The maximum Gasteiger partial charge on any atom is 0.0576 e. The van der Waals surface area contributed by atoms with Crippen LogP contribution in [0, 0.1) is 5.92 Å². The molecule has 0 saturated carbocycles. The van der Waals surface area contributed by atoms with Crippen LogP contribution in [0.3, 0.4) is 0 Å². The van der Waals surface area contributed by atoms with Crippen molar-refractivity contribution >= 4 is 0 Å². The van der Waals surface area contributed by atoms with E-state index in [1.54, 1.807) is 0 Å². The topological polar surface area (TPSA) is 44.5 Å². The van der Waals surface area contributed by atoms with Crippen LogP contribution in [0.2, 0.25) is 0 Å². The zero-order valence-electron chi connectivity index (χ0n) is 9.49. The van der Waals surface area contributed by atoms with Gasteiger partial charge in [-0.25, -0.2) is 0 Å². The summed E-state index contributed by atoms with van der Waals surface area (Å²) in [7, 11) is 0. The van der Waals surface area contributed by atoms with Crippen LogP contribution in [-0.4, -0.2) is 32.0 Å². The van der Waals surface area contributed by atoms with Crippen LogP contribution >= 0.6 is 0 Å². The van der Waals surface area contributed by atoms with Gasteiger partial charge in [-0.1, -0.05) is 6.42 Å². The number of ether oxygens (including phenoxy) is 2. The molecule has 0 bridgehead atoms. The van der Waals surface area contributed by atoms with Gasteiger partial charge in [-0.05, 0) is 38.0 Å². The molecule has 0 radical (unpaired) electrons. The van der Waals surface area contributed by atoms with Crippen LogP contribution in [0.15, 0.2) is 0 Å². The Morgan fingerprint density at radius 2 is 2.07 bits per heavy atom. The summed E-state index contributed by atoms with van der Waals surface area (Å²) in [5.74, 6) is 0.583. The molecule has 2 heterocycles. The monoisotopic (exact) mass is 213 g/mol. The van der Waals surface area contributed by atoms with Crippen molar-refractivity contribution in [2.24, 2.45) is 11.7 Å². The molecule has 0 aromatic carbocycles. The smallest absolute Gasteiger partial charge is 0.0576 e. The van der Waals surface area contributed by atoms with Gasteiger partial charge in [0.25, 0.3) is 0 Å². The first-order valence-corrected chi connectivity index (χ1v) is 6.31. The zero-order valence-corrected chi connectivity index (χ0v) is 9.49. The Bertz CT molecular complexity index is 180. The van der Waals surface area contributed by atoms with Crippen molar-refractivity contribution in [3.8, 4) is 0 Å². The van der Waals surface area contributed by atoms with E-state index in [0.717, 1.165) is 26.2 Å². The van der Waals surface area contributed by atoms with E-state index in [1.165, 1.54) is 32.1 Å². The van der Waals surface area contributed by atoms with E-state index in [2.05, 4.69) is 0 Å². The summed E-state index contributed by atoms with van der Waals surface area (Å²) in [6.07, 6.45) is 7.73. The minimum Gasteiger partial charge on any atom is -0.381 e. The van der Waals surface area contributed by atoms with E-state index < -0.39 is 0 Å². The van der Waals surface area contributed by atoms with Crippen molar-refractivity contribution in [3.05, 3.63) is 0 Å². The van der Waals surface area contributed by atoms with Crippen molar-refractivity contribution < 1.29 is 9.47 Å². The molecule has 2 fully saturated rings. The summed E-state index contributed by atoms with van der Waals surface area (Å²) in [6.45, 7) is 2.69. The van der Waals surface area contributed by atoms with E-state index in [0.29, 0.717) is 18.1 Å². The Morgan fingerprint density at radius 1 is 1.13 bits per heavy atom. The summed E-state index contributed by atoms with van der Waals surface area (Å²) in [5.41, 5.74) is 6.06. The second-order valence-electron chi connectivity index (χ2n) is 4.85. The van der Waals surface area contributed by atoms with Gasteiger partial charge in [0.15, 0.2) is 0 Å². The molecule has 2 saturated heterocycles. The molecule has 3 heteroatoms. The average Bonchev–Trinajstić information content (AvgIpc) is 2.74. The predicted molar refractivity (Wildman–Crippen MR) is 59.7 cm³/mol. The lowest BCUT2D eigenvalue weighted by molar-refractivity contribution is 0.0350. The molecule has 2 N–H and O–H groups in total. The van der Waals surface area contributed by atoms with Gasteiger partial charge in [-0.2, -0.15) is 0 Å². The maximum absolute atomic E-state index is 6.06. The number of rotatable bonds is 4. The van der Waals surface area contributed by atoms with Crippen LogP contribution in [-0.2, 0) is 9.47 Å². The van der Waals surface area contributed by atoms with Crippen molar-refractivity contribution in [2.45, 2.75) is 50.7 Å². The highest BCUT2D eigenvalue weighted by atomic mass is 16.5. The lowest BCUT2D eigenvalue weighted by Crippen LogP contribution is -2.38. The molecule has 88 valence electrons. The fourth-order valence-corrected chi connectivity index (χ4v) is 2.59. The first kappa shape index (κ1) is 11.4. The van der Waals surface area contributed by atoms with Gasteiger partial charge in [0.2, 0.25) is 0 Å². The molecule has 0 aliphatic carbocycles. The molecule has 2 aliphatic heterocycles. The van der Waals surface area contributed by atoms with Crippen molar-refractivity contribution in [1.82, 2.24) is 0 Å². The van der Waals surface area contributed by atoms with Gasteiger partial charge in [0.05, 0.1) is 12.7 Å². The molecule has 2 rings (SSSR count). The van der Waals surface area contributed by atoms with Crippen LogP contribution in [0.5, 0.6) is 0 Å². The third-order valence-electron chi connectivity index (χ3n) is 3.66. The third kappa shape index (κ3) is 3.44. The second-order valence-corrected chi connectivity index (χ2v) is 4.85. The minimum absolute atomic E-state index is 0.364. The average molecular weight is 213 g/mol. The van der Waals surface area contributed by atoms with E-state index in [1.807, 2.05) is 0 Å². The Labute approximate surface area is 92.3 Å².